The molecule has 6 heteroatoms. The lowest BCUT2D eigenvalue weighted by molar-refractivity contribution is -0.132. The molecule has 0 aliphatic heterocycles. The molecule has 1 aliphatic carbocycles. The number of rotatable bonds is 4. The summed E-state index contributed by atoms with van der Waals surface area (Å²) in [6.07, 6.45) is 3.58. The first-order valence-corrected chi connectivity index (χ1v) is 5.51. The fourth-order valence-corrected chi connectivity index (χ4v) is 1.77. The number of amides is 1. The van der Waals surface area contributed by atoms with Crippen LogP contribution in [0.3, 0.4) is 0 Å². The Morgan fingerprint density at radius 3 is 2.75 bits per heavy atom. The third-order valence-corrected chi connectivity index (χ3v) is 2.82. The van der Waals surface area contributed by atoms with E-state index in [4.69, 9.17) is 0 Å². The van der Waals surface area contributed by atoms with Crippen molar-refractivity contribution < 1.29 is 4.79 Å². The maximum atomic E-state index is 11.9. The summed E-state index contributed by atoms with van der Waals surface area (Å²) in [5.74, 6) is -0.0224. The van der Waals surface area contributed by atoms with Crippen LogP contribution in [0, 0.1) is 0 Å². The van der Waals surface area contributed by atoms with E-state index in [-0.39, 0.29) is 18.1 Å². The van der Waals surface area contributed by atoms with Gasteiger partial charge in [0.1, 0.15) is 12.9 Å². The Bertz CT molecular complexity index is 444. The van der Waals surface area contributed by atoms with Crippen LogP contribution in [0.4, 0.5) is 0 Å². The van der Waals surface area contributed by atoms with Gasteiger partial charge in [-0.15, -0.1) is 0 Å². The molecule has 1 aliphatic rings. The maximum Gasteiger partial charge on any atom is 0.345 e. The van der Waals surface area contributed by atoms with Crippen molar-refractivity contribution in [1.82, 2.24) is 19.2 Å². The van der Waals surface area contributed by atoms with Gasteiger partial charge in [-0.25, -0.2) is 9.48 Å². The van der Waals surface area contributed by atoms with Crippen LogP contribution >= 0.6 is 0 Å². The molecule has 0 spiro atoms. The van der Waals surface area contributed by atoms with E-state index in [1.807, 2.05) is 11.8 Å². The number of carbonyl (C=O) groups is 1. The minimum Gasteiger partial charge on any atom is -0.338 e. The van der Waals surface area contributed by atoms with E-state index in [1.54, 1.807) is 7.05 Å². The summed E-state index contributed by atoms with van der Waals surface area (Å²) in [4.78, 5) is 25.2. The van der Waals surface area contributed by atoms with Gasteiger partial charge in [-0.1, -0.05) is 0 Å². The van der Waals surface area contributed by atoms with E-state index in [1.165, 1.54) is 15.6 Å². The third kappa shape index (κ3) is 2.00. The van der Waals surface area contributed by atoms with Gasteiger partial charge in [0.15, 0.2) is 0 Å². The first kappa shape index (κ1) is 10.9. The lowest BCUT2D eigenvalue weighted by Gasteiger charge is -2.19. The van der Waals surface area contributed by atoms with E-state index in [2.05, 4.69) is 5.10 Å². The van der Waals surface area contributed by atoms with Gasteiger partial charge >= 0.3 is 5.69 Å². The Balaban J connectivity index is 2.06. The highest BCUT2D eigenvalue weighted by atomic mass is 16.2. The zero-order valence-electron chi connectivity index (χ0n) is 9.59. The molecule has 16 heavy (non-hydrogen) atoms. The maximum absolute atomic E-state index is 11.9. The first-order valence-electron chi connectivity index (χ1n) is 5.51. The average molecular weight is 224 g/mol. The highest BCUT2D eigenvalue weighted by Crippen LogP contribution is 2.26. The smallest absolute Gasteiger partial charge is 0.338 e. The molecular weight excluding hydrogens is 208 g/mol. The molecule has 1 fully saturated rings. The summed E-state index contributed by atoms with van der Waals surface area (Å²) in [6, 6.07) is 0.386. The largest absolute Gasteiger partial charge is 0.345 e. The zero-order valence-corrected chi connectivity index (χ0v) is 9.59. The molecule has 2 rings (SSSR count). The normalized spacial score (nSPS) is 15.1. The Hall–Kier alpha value is -1.59. The van der Waals surface area contributed by atoms with E-state index in [9.17, 15) is 9.59 Å². The Morgan fingerprint density at radius 2 is 2.31 bits per heavy atom. The van der Waals surface area contributed by atoms with Crippen molar-refractivity contribution in [3.8, 4) is 0 Å². The van der Waals surface area contributed by atoms with Crippen molar-refractivity contribution >= 4 is 5.91 Å². The van der Waals surface area contributed by atoms with Crippen molar-refractivity contribution in [2.45, 2.75) is 32.4 Å². The summed E-state index contributed by atoms with van der Waals surface area (Å²) in [7, 11) is 1.62. The lowest BCUT2D eigenvalue weighted by atomic mass is 10.4. The summed E-state index contributed by atoms with van der Waals surface area (Å²) in [5.41, 5.74) is -0.250. The number of likely N-dealkylation sites (N-methyl/N-ethyl adjacent to an activating group) is 1. The molecule has 0 N–H and O–H groups in total. The summed E-state index contributed by atoms with van der Waals surface area (Å²) in [6.45, 7) is 2.70. The van der Waals surface area contributed by atoms with Gasteiger partial charge in [0.25, 0.3) is 0 Å². The molecule has 1 heterocycles. The van der Waals surface area contributed by atoms with E-state index < -0.39 is 0 Å². The van der Waals surface area contributed by atoms with Crippen molar-refractivity contribution in [2.75, 3.05) is 6.54 Å². The molecule has 0 saturated heterocycles. The number of carbonyl (C=O) groups excluding carboxylic acids is 1. The fraction of sp³-hybridized carbons (Fsp3) is 0.700. The zero-order chi connectivity index (χ0) is 11.7. The van der Waals surface area contributed by atoms with E-state index >= 15 is 0 Å². The Kier molecular flexibility index (Phi) is 2.80. The van der Waals surface area contributed by atoms with Crippen molar-refractivity contribution in [2.24, 2.45) is 7.05 Å². The minimum absolute atomic E-state index is 0.0224. The molecule has 1 amide bonds. The quantitative estimate of drug-likeness (QED) is 0.698. The molecule has 1 aromatic rings. The van der Waals surface area contributed by atoms with Crippen molar-refractivity contribution in [3.05, 3.63) is 16.8 Å². The lowest BCUT2D eigenvalue weighted by Crippen LogP contribution is -2.38. The van der Waals surface area contributed by atoms with Crippen LogP contribution < -0.4 is 5.69 Å². The van der Waals surface area contributed by atoms with Gasteiger partial charge in [0, 0.05) is 19.6 Å². The van der Waals surface area contributed by atoms with Crippen LogP contribution in [0.5, 0.6) is 0 Å². The second-order valence-corrected chi connectivity index (χ2v) is 4.09. The van der Waals surface area contributed by atoms with Crippen LogP contribution in [-0.2, 0) is 18.4 Å². The summed E-state index contributed by atoms with van der Waals surface area (Å²) in [5, 5.41) is 3.87. The molecule has 1 aromatic heterocycles. The predicted octanol–water partition coefficient (Wildman–Crippen LogP) is -0.407. The van der Waals surface area contributed by atoms with Gasteiger partial charge in [0.05, 0.1) is 0 Å². The Morgan fingerprint density at radius 1 is 1.62 bits per heavy atom. The fourth-order valence-electron chi connectivity index (χ4n) is 1.77. The average Bonchev–Trinajstić information content (AvgIpc) is 3.03. The van der Waals surface area contributed by atoms with Crippen molar-refractivity contribution in [3.63, 3.8) is 0 Å². The van der Waals surface area contributed by atoms with Gasteiger partial charge < -0.3 is 4.90 Å². The molecule has 0 radical (unpaired) electrons. The Labute approximate surface area is 93.5 Å². The first-order chi connectivity index (χ1) is 7.63. The van der Waals surface area contributed by atoms with Crippen LogP contribution in [0.15, 0.2) is 11.1 Å². The number of nitrogens with zero attached hydrogens (tertiary/aromatic N) is 4. The van der Waals surface area contributed by atoms with E-state index in [0.29, 0.717) is 12.6 Å². The predicted molar refractivity (Wildman–Crippen MR) is 57.9 cm³/mol. The minimum atomic E-state index is -0.250. The molecule has 1 saturated carbocycles. The summed E-state index contributed by atoms with van der Waals surface area (Å²) < 4.78 is 2.56. The standard InChI is InChI=1S/C10H16N4O2/c1-3-13(8-4-5-8)9(15)6-14-10(16)12(2)7-11-14/h7-8H,3-6H2,1-2H3. The van der Waals surface area contributed by atoms with Gasteiger partial charge in [-0.2, -0.15) is 5.10 Å². The number of hydrogen-bond acceptors (Lipinski definition) is 3. The number of aryl methyl sites for hydroxylation is 1. The van der Waals surface area contributed by atoms with Crippen LogP contribution in [-0.4, -0.2) is 37.7 Å². The molecule has 0 atom stereocenters. The van der Waals surface area contributed by atoms with Crippen LogP contribution in [0.1, 0.15) is 19.8 Å². The highest BCUT2D eigenvalue weighted by molar-refractivity contribution is 5.76. The van der Waals surface area contributed by atoms with Crippen LogP contribution in [0.2, 0.25) is 0 Å². The molecule has 6 nitrogen and oxygen atoms in total. The highest BCUT2D eigenvalue weighted by Gasteiger charge is 2.31. The SMILES string of the molecule is CCN(C(=O)Cn1ncn(C)c1=O)C1CC1. The van der Waals surface area contributed by atoms with Gasteiger partial charge in [0.2, 0.25) is 5.91 Å². The number of aromatic nitrogens is 3. The molecule has 0 bridgehead atoms. The second-order valence-electron chi connectivity index (χ2n) is 4.09. The van der Waals surface area contributed by atoms with E-state index in [0.717, 1.165) is 12.8 Å². The van der Waals surface area contributed by atoms with Gasteiger partial charge in [-0.05, 0) is 19.8 Å². The third-order valence-electron chi connectivity index (χ3n) is 2.82. The topological polar surface area (TPSA) is 60.1 Å². The van der Waals surface area contributed by atoms with Gasteiger partial charge in [-0.3, -0.25) is 9.36 Å². The second kappa shape index (κ2) is 4.11. The number of hydrogen-bond donors (Lipinski definition) is 0. The molecule has 0 unspecified atom stereocenters. The molecule has 88 valence electrons. The summed E-state index contributed by atoms with van der Waals surface area (Å²) >= 11 is 0. The monoisotopic (exact) mass is 224 g/mol. The van der Waals surface area contributed by atoms with Crippen molar-refractivity contribution in [1.29, 1.82) is 0 Å². The van der Waals surface area contributed by atoms with Crippen LogP contribution in [0.25, 0.3) is 0 Å². The molecular formula is C10H16N4O2. The molecule has 0 aromatic carbocycles.